The van der Waals surface area contributed by atoms with Crippen molar-refractivity contribution in [2.45, 2.75) is 334 Å². The van der Waals surface area contributed by atoms with Crippen LogP contribution in [-0.2, 0) is 55.8 Å². The third-order valence-electron chi connectivity index (χ3n) is 17.1. The van der Waals surface area contributed by atoms with Crippen LogP contribution in [0, 0.1) is 0 Å². The SMILES string of the molecule is CC/C=C\C/C=C\C/C=C\C/C=C\C/C=C\C/C=C\CCCCCCCCCCCCC(=O)OCC(O)COP(=O)(O)OCC(O)COP(=O)(O)OCC(COC(=O)CCCCCCCCC/C=C\C/C=C\C/C=C\C/C=C\CCCCC)OC(=O)CCCCCCC/C=C\C/C=C\C/C=C\C/C=C\C/C=C\CC. The van der Waals surface area contributed by atoms with Crippen molar-refractivity contribution in [3.63, 3.8) is 0 Å². The highest BCUT2D eigenvalue weighted by molar-refractivity contribution is 7.47. The summed E-state index contributed by atoms with van der Waals surface area (Å²) in [7, 11) is -9.82. The van der Waals surface area contributed by atoms with Gasteiger partial charge in [0.15, 0.2) is 6.10 Å². The Morgan fingerprint density at radius 1 is 0.266 bits per heavy atom. The molecule has 0 spiro atoms. The van der Waals surface area contributed by atoms with Crippen molar-refractivity contribution in [2.24, 2.45) is 0 Å². The van der Waals surface area contributed by atoms with Gasteiger partial charge < -0.3 is 34.2 Å². The fourth-order valence-corrected chi connectivity index (χ4v) is 12.3. The molecule has 5 atom stereocenters. The standard InChI is InChI=1S/C91H150O16P2/c1-4-7-10-13-16-19-22-25-28-31-34-37-39-40-41-42-43-44-46-49-50-53-56-59-62-65-68-71-74-77-89(94)101-80-86(92)81-103-108(97,98)104-82-87(93)83-105-109(99,100)106-85-88(107-91(96)79-76-73-70-67-64-61-58-55-52-47-36-33-30-27-24-21-18-15-12-9-6-3)84-102-90(95)78-75-72-69-66-63-60-57-54-51-48-45-38-35-32-29-26-23-20-17-14-11-8-5-2/h7,9-10,12,16-21,25-30,34-38,40-41,43-44,47-48,51,55,58,86-88,92-93H,4-6,8,11,13-15,22-24,31-33,39,42,45-46,49-50,52-54,56-57,59-85H2,1-3H3,(H,97,98)(H,99,100)/b10-7-,12-9-,19-16-,20-17-,21-18-,28-25-,29-26-,30-27-,37-34-,38-35-,41-40-,44-43-,47-36-,51-48-,58-55-. The lowest BCUT2D eigenvalue weighted by molar-refractivity contribution is -0.161. The lowest BCUT2D eigenvalue weighted by atomic mass is 10.1. The van der Waals surface area contributed by atoms with Gasteiger partial charge in [-0.1, -0.05) is 319 Å². The number of hydrogen-bond acceptors (Lipinski definition) is 14. The van der Waals surface area contributed by atoms with E-state index in [0.717, 1.165) is 199 Å². The normalized spacial score (nSPS) is 14.8. The summed E-state index contributed by atoms with van der Waals surface area (Å²) >= 11 is 0. The van der Waals surface area contributed by atoms with E-state index in [4.69, 9.17) is 32.3 Å². The summed E-state index contributed by atoms with van der Waals surface area (Å²) in [6.45, 7) is 2.39. The zero-order chi connectivity index (χ0) is 79.4. The van der Waals surface area contributed by atoms with Crippen molar-refractivity contribution in [2.75, 3.05) is 39.6 Å². The van der Waals surface area contributed by atoms with Crippen LogP contribution in [0.1, 0.15) is 316 Å². The molecule has 4 N–H and O–H groups in total. The topological polar surface area (TPSA) is 231 Å². The molecule has 0 radical (unpaired) electrons. The van der Waals surface area contributed by atoms with Crippen LogP contribution < -0.4 is 0 Å². The molecule has 0 amide bonds. The predicted molar refractivity (Wildman–Crippen MR) is 454 cm³/mol. The highest BCUT2D eigenvalue weighted by Gasteiger charge is 2.29. The van der Waals surface area contributed by atoms with E-state index in [1.165, 1.54) is 57.8 Å². The number of ether oxygens (including phenoxy) is 3. The Morgan fingerprint density at radius 3 is 0.771 bits per heavy atom. The van der Waals surface area contributed by atoms with E-state index < -0.39 is 91.5 Å². The van der Waals surface area contributed by atoms with E-state index >= 15 is 0 Å². The van der Waals surface area contributed by atoms with Gasteiger partial charge in [0.2, 0.25) is 0 Å². The number of aliphatic hydroxyl groups excluding tert-OH is 2. The van der Waals surface area contributed by atoms with Gasteiger partial charge in [-0.3, -0.25) is 32.5 Å². The highest BCUT2D eigenvalue weighted by atomic mass is 31.2. The van der Waals surface area contributed by atoms with Crippen LogP contribution >= 0.6 is 15.6 Å². The number of allylic oxidation sites excluding steroid dienone is 30. The van der Waals surface area contributed by atoms with E-state index in [9.17, 15) is 43.5 Å². The first-order valence-electron chi connectivity index (χ1n) is 42.1. The average molecular weight is 1560 g/mol. The second kappa shape index (κ2) is 82.1. The fourth-order valence-electron chi connectivity index (χ4n) is 10.8. The summed E-state index contributed by atoms with van der Waals surface area (Å²) in [6.07, 6.45) is 106. The number of carbonyl (C=O) groups excluding carboxylic acids is 3. The van der Waals surface area contributed by atoms with E-state index in [-0.39, 0.29) is 19.3 Å². The molecule has 0 heterocycles. The second-order valence-corrected chi connectivity index (χ2v) is 30.4. The van der Waals surface area contributed by atoms with Gasteiger partial charge in [-0.2, -0.15) is 0 Å². The largest absolute Gasteiger partial charge is 0.472 e. The van der Waals surface area contributed by atoms with Gasteiger partial charge in [-0.05, 0) is 161 Å². The Bertz CT molecular complexity index is 2710. The number of esters is 3. The third-order valence-corrected chi connectivity index (χ3v) is 19.0. The molecule has 109 heavy (non-hydrogen) atoms. The maximum absolute atomic E-state index is 13.0. The van der Waals surface area contributed by atoms with Crippen LogP contribution in [0.15, 0.2) is 182 Å². The molecule has 0 rings (SSSR count). The van der Waals surface area contributed by atoms with Crippen molar-refractivity contribution in [1.82, 2.24) is 0 Å². The van der Waals surface area contributed by atoms with Crippen LogP contribution in [0.4, 0.5) is 0 Å². The molecule has 0 aliphatic carbocycles. The van der Waals surface area contributed by atoms with Crippen molar-refractivity contribution in [1.29, 1.82) is 0 Å². The maximum Gasteiger partial charge on any atom is 0.472 e. The Kier molecular flexibility index (Phi) is 78.1. The summed E-state index contributed by atoms with van der Waals surface area (Å²) < 4.78 is 61.3. The number of carbonyl (C=O) groups is 3. The summed E-state index contributed by atoms with van der Waals surface area (Å²) in [5.74, 6) is -1.62. The van der Waals surface area contributed by atoms with Gasteiger partial charge in [0.25, 0.3) is 0 Å². The molecule has 0 aromatic heterocycles. The number of phosphoric ester groups is 2. The number of hydrogen-bond donors (Lipinski definition) is 4. The Morgan fingerprint density at radius 2 is 0.486 bits per heavy atom. The first-order chi connectivity index (χ1) is 53.2. The highest BCUT2D eigenvalue weighted by Crippen LogP contribution is 2.45. The fraction of sp³-hybridized carbons (Fsp3) is 0.637. The van der Waals surface area contributed by atoms with Crippen LogP contribution in [-0.4, -0.2) is 95.9 Å². The monoisotopic (exact) mass is 1560 g/mol. The Hall–Kier alpha value is -5.35. The van der Waals surface area contributed by atoms with Crippen LogP contribution in [0.2, 0.25) is 0 Å². The minimum Gasteiger partial charge on any atom is -0.463 e. The number of unbranched alkanes of at least 4 members (excludes halogenated alkanes) is 25. The van der Waals surface area contributed by atoms with Gasteiger partial charge in [-0.15, -0.1) is 0 Å². The molecule has 0 aliphatic rings. The smallest absolute Gasteiger partial charge is 0.463 e. The molecule has 0 aromatic carbocycles. The van der Waals surface area contributed by atoms with Crippen molar-refractivity contribution in [3.05, 3.63) is 182 Å². The molecule has 0 aromatic rings. The van der Waals surface area contributed by atoms with Gasteiger partial charge in [0.1, 0.15) is 25.4 Å². The molecule has 0 saturated heterocycles. The van der Waals surface area contributed by atoms with Crippen LogP contribution in [0.3, 0.4) is 0 Å². The molecular formula is C91H150O16P2. The summed E-state index contributed by atoms with van der Waals surface area (Å²) in [5, 5.41) is 20.7. The quantitative estimate of drug-likeness (QED) is 0.0146. The number of phosphoric acid groups is 2. The lowest BCUT2D eigenvalue weighted by Crippen LogP contribution is -2.30. The minimum atomic E-state index is -4.95. The lowest BCUT2D eigenvalue weighted by Gasteiger charge is -2.21. The minimum absolute atomic E-state index is 0.0733. The molecule has 5 unspecified atom stereocenters. The summed E-state index contributed by atoms with van der Waals surface area (Å²) in [6, 6.07) is 0. The van der Waals surface area contributed by atoms with E-state index in [1.807, 2.05) is 0 Å². The summed E-state index contributed by atoms with van der Waals surface area (Å²) in [4.78, 5) is 58.8. The Balaban J connectivity index is 4.67. The van der Waals surface area contributed by atoms with Gasteiger partial charge in [-0.25, -0.2) is 9.13 Å². The maximum atomic E-state index is 13.0. The van der Waals surface area contributed by atoms with Gasteiger partial charge in [0.05, 0.1) is 26.4 Å². The van der Waals surface area contributed by atoms with E-state index in [1.54, 1.807) is 0 Å². The van der Waals surface area contributed by atoms with Crippen LogP contribution in [0.5, 0.6) is 0 Å². The molecule has 18 heteroatoms. The third kappa shape index (κ3) is 83.4. The second-order valence-electron chi connectivity index (χ2n) is 27.5. The van der Waals surface area contributed by atoms with Crippen molar-refractivity contribution < 1.29 is 75.8 Å². The predicted octanol–water partition coefficient (Wildman–Crippen LogP) is 25.3. The first-order valence-corrected chi connectivity index (χ1v) is 45.1. The van der Waals surface area contributed by atoms with Gasteiger partial charge >= 0.3 is 33.6 Å². The average Bonchev–Trinajstić information content (AvgIpc) is 0.905. The molecule has 16 nitrogen and oxygen atoms in total. The summed E-state index contributed by atoms with van der Waals surface area (Å²) in [5.41, 5.74) is 0. The molecule has 620 valence electrons. The van der Waals surface area contributed by atoms with Crippen LogP contribution in [0.25, 0.3) is 0 Å². The molecule has 0 saturated carbocycles. The molecule has 0 fully saturated rings. The Labute approximate surface area is 662 Å². The molecular weight excluding hydrogens is 1410 g/mol. The van der Waals surface area contributed by atoms with E-state index in [2.05, 4.69) is 203 Å². The first kappa shape index (κ1) is 104. The number of aliphatic hydroxyl groups is 2. The van der Waals surface area contributed by atoms with Gasteiger partial charge in [0, 0.05) is 19.3 Å². The molecule has 0 aliphatic heterocycles. The zero-order valence-corrected chi connectivity index (χ0v) is 69.7. The zero-order valence-electron chi connectivity index (χ0n) is 67.9. The number of rotatable bonds is 78. The van der Waals surface area contributed by atoms with E-state index in [0.29, 0.717) is 19.3 Å². The van der Waals surface area contributed by atoms with Crippen molar-refractivity contribution >= 4 is 33.6 Å². The van der Waals surface area contributed by atoms with Crippen molar-refractivity contribution in [3.8, 4) is 0 Å². The molecule has 0 bridgehead atoms.